The van der Waals surface area contributed by atoms with Crippen LogP contribution in [-0.2, 0) is 18.9 Å². The zero-order valence-corrected chi connectivity index (χ0v) is 19.6. The molecule has 1 aliphatic rings. The smallest absolute Gasteiger partial charge is 0.270 e. The molecule has 2 amide bonds. The fraction of sp³-hybridized carbons (Fsp3) is 0.458. The number of carbonyl (C=O) groups is 2. The van der Waals surface area contributed by atoms with Gasteiger partial charge in [0.2, 0.25) is 5.91 Å². The Morgan fingerprint density at radius 3 is 2.36 bits per heavy atom. The number of aryl methyl sites for hydroxylation is 3. The Kier molecular flexibility index (Phi) is 6.57. The fourth-order valence-corrected chi connectivity index (χ4v) is 4.60. The van der Waals surface area contributed by atoms with Crippen molar-refractivity contribution in [2.75, 3.05) is 5.32 Å². The van der Waals surface area contributed by atoms with Gasteiger partial charge in [0, 0.05) is 32.1 Å². The number of nitrogens with zero attached hydrogens (tertiary/aromatic N) is 5. The summed E-state index contributed by atoms with van der Waals surface area (Å²) in [6, 6.07) is 4.70. The Morgan fingerprint density at radius 2 is 1.79 bits per heavy atom. The van der Waals surface area contributed by atoms with Gasteiger partial charge in [-0.1, -0.05) is 19.8 Å². The van der Waals surface area contributed by atoms with E-state index >= 15 is 0 Å². The molecule has 0 spiro atoms. The minimum absolute atomic E-state index is 0.0785. The van der Waals surface area contributed by atoms with Gasteiger partial charge < -0.3 is 10.6 Å². The number of anilines is 1. The molecule has 1 atom stereocenters. The van der Waals surface area contributed by atoms with E-state index in [1.54, 1.807) is 36.3 Å². The lowest BCUT2D eigenvalue weighted by molar-refractivity contribution is -0.119. The zero-order chi connectivity index (χ0) is 23.5. The number of pyridine rings is 1. The summed E-state index contributed by atoms with van der Waals surface area (Å²) in [6.45, 7) is 4.23. The van der Waals surface area contributed by atoms with Crippen LogP contribution in [0.15, 0.2) is 36.8 Å². The molecular formula is C24H31N7O2. The highest BCUT2D eigenvalue weighted by Gasteiger charge is 2.33. The van der Waals surface area contributed by atoms with Gasteiger partial charge in [0.05, 0.1) is 11.9 Å². The summed E-state index contributed by atoms with van der Waals surface area (Å²) in [6.07, 6.45) is 9.01. The van der Waals surface area contributed by atoms with Gasteiger partial charge in [-0.25, -0.2) is 4.98 Å². The average Bonchev–Trinajstić information content (AvgIpc) is 3.38. The van der Waals surface area contributed by atoms with E-state index in [0.29, 0.717) is 17.4 Å². The molecule has 3 aromatic heterocycles. The van der Waals surface area contributed by atoms with Crippen LogP contribution in [0.2, 0.25) is 0 Å². The number of rotatable bonds is 6. The van der Waals surface area contributed by atoms with Crippen molar-refractivity contribution in [2.24, 2.45) is 25.9 Å². The van der Waals surface area contributed by atoms with E-state index in [-0.39, 0.29) is 17.7 Å². The van der Waals surface area contributed by atoms with Crippen molar-refractivity contribution in [1.82, 2.24) is 29.9 Å². The largest absolute Gasteiger partial charge is 0.339 e. The van der Waals surface area contributed by atoms with Gasteiger partial charge in [0.25, 0.3) is 5.91 Å². The lowest BCUT2D eigenvalue weighted by Crippen LogP contribution is -2.49. The Hall–Kier alpha value is -3.49. The van der Waals surface area contributed by atoms with E-state index in [9.17, 15) is 9.59 Å². The first-order chi connectivity index (χ1) is 15.8. The first kappa shape index (κ1) is 22.7. The molecule has 1 saturated carbocycles. The molecule has 9 heteroatoms. The van der Waals surface area contributed by atoms with E-state index in [1.165, 1.54) is 4.68 Å². The number of carbonyl (C=O) groups excluding carboxylic acids is 2. The Bertz CT molecular complexity index is 1100. The minimum Gasteiger partial charge on any atom is -0.339 e. The van der Waals surface area contributed by atoms with Crippen molar-refractivity contribution in [1.29, 1.82) is 0 Å². The molecule has 3 aromatic rings. The predicted molar refractivity (Wildman–Crippen MR) is 125 cm³/mol. The second kappa shape index (κ2) is 9.56. The third-order valence-electron chi connectivity index (χ3n) is 6.56. The van der Waals surface area contributed by atoms with Gasteiger partial charge in [-0.05, 0) is 55.4 Å². The minimum atomic E-state index is -0.638. The summed E-state index contributed by atoms with van der Waals surface area (Å²) in [4.78, 5) is 30.6. The molecule has 0 bridgehead atoms. The summed E-state index contributed by atoms with van der Waals surface area (Å²) in [5.41, 5.74) is 3.39. The molecule has 0 aromatic carbocycles. The highest BCUT2D eigenvalue weighted by molar-refractivity contribution is 6.00. The van der Waals surface area contributed by atoms with Gasteiger partial charge in [-0.15, -0.1) is 0 Å². The van der Waals surface area contributed by atoms with Crippen molar-refractivity contribution in [3.63, 3.8) is 0 Å². The molecule has 1 unspecified atom stereocenters. The first-order valence-electron chi connectivity index (χ1n) is 11.4. The van der Waals surface area contributed by atoms with E-state index in [4.69, 9.17) is 0 Å². The Morgan fingerprint density at radius 1 is 1.03 bits per heavy atom. The van der Waals surface area contributed by atoms with E-state index in [1.807, 2.05) is 26.2 Å². The highest BCUT2D eigenvalue weighted by atomic mass is 16.2. The third kappa shape index (κ3) is 4.97. The Labute approximate surface area is 193 Å². The second-order valence-electron chi connectivity index (χ2n) is 9.03. The number of nitrogens with one attached hydrogen (secondary N) is 2. The van der Waals surface area contributed by atoms with Gasteiger partial charge in [0.1, 0.15) is 17.6 Å². The maximum absolute atomic E-state index is 13.3. The topological polar surface area (TPSA) is 107 Å². The SMILES string of the molecule is Cc1cnn(C)c1-c1ccc(NC(=O)C(NC(=O)c2ccnn2C)C2CCC(C)CC2)nc1. The quantitative estimate of drug-likeness (QED) is 0.601. The van der Waals surface area contributed by atoms with Gasteiger partial charge >= 0.3 is 0 Å². The number of amides is 2. The van der Waals surface area contributed by atoms with Crippen molar-refractivity contribution in [2.45, 2.75) is 45.6 Å². The van der Waals surface area contributed by atoms with Gasteiger partial charge in [0.15, 0.2) is 0 Å². The molecular weight excluding hydrogens is 418 g/mol. The Balaban J connectivity index is 1.51. The average molecular weight is 450 g/mol. The van der Waals surface area contributed by atoms with Gasteiger partial charge in [-0.2, -0.15) is 10.2 Å². The van der Waals surface area contributed by atoms with Crippen LogP contribution >= 0.6 is 0 Å². The number of hydrogen-bond donors (Lipinski definition) is 2. The van der Waals surface area contributed by atoms with Crippen LogP contribution in [-0.4, -0.2) is 42.4 Å². The van der Waals surface area contributed by atoms with Gasteiger partial charge in [-0.3, -0.25) is 19.0 Å². The predicted octanol–water partition coefficient (Wildman–Crippen LogP) is 3.09. The van der Waals surface area contributed by atoms with E-state index in [2.05, 4.69) is 32.7 Å². The third-order valence-corrected chi connectivity index (χ3v) is 6.56. The maximum atomic E-state index is 13.3. The summed E-state index contributed by atoms with van der Waals surface area (Å²) in [5, 5.41) is 14.2. The summed E-state index contributed by atoms with van der Waals surface area (Å²) < 4.78 is 3.31. The molecule has 1 aliphatic carbocycles. The molecule has 9 nitrogen and oxygen atoms in total. The standard InChI is InChI=1S/C24H31N7O2/c1-15-5-7-17(8-6-15)21(29-23(32)19-11-12-26-30(19)3)24(33)28-20-10-9-18(14-25-20)22-16(2)13-27-31(22)4/h9-15,17,21H,5-8H2,1-4H3,(H,29,32)(H,25,28,33). The second-order valence-corrected chi connectivity index (χ2v) is 9.03. The number of aromatic nitrogens is 5. The van der Waals surface area contributed by atoms with E-state index < -0.39 is 6.04 Å². The molecule has 2 N–H and O–H groups in total. The summed E-state index contributed by atoms with van der Waals surface area (Å²) in [5.74, 6) is 0.621. The van der Waals surface area contributed by atoms with Crippen LogP contribution in [0, 0.1) is 18.8 Å². The normalized spacial score (nSPS) is 19.2. The summed E-state index contributed by atoms with van der Waals surface area (Å²) >= 11 is 0. The molecule has 4 rings (SSSR count). The van der Waals surface area contributed by atoms with Crippen molar-refractivity contribution in [3.05, 3.63) is 48.0 Å². The first-order valence-corrected chi connectivity index (χ1v) is 11.4. The van der Waals surface area contributed by atoms with Crippen LogP contribution < -0.4 is 10.6 Å². The van der Waals surface area contributed by atoms with Crippen LogP contribution in [0.3, 0.4) is 0 Å². The van der Waals surface area contributed by atoms with Crippen molar-refractivity contribution in [3.8, 4) is 11.3 Å². The lowest BCUT2D eigenvalue weighted by atomic mass is 9.79. The maximum Gasteiger partial charge on any atom is 0.270 e. The molecule has 0 saturated heterocycles. The molecule has 174 valence electrons. The molecule has 0 radical (unpaired) electrons. The van der Waals surface area contributed by atoms with Crippen molar-refractivity contribution < 1.29 is 9.59 Å². The van der Waals surface area contributed by atoms with Crippen LogP contribution in [0.5, 0.6) is 0 Å². The monoisotopic (exact) mass is 449 g/mol. The molecule has 33 heavy (non-hydrogen) atoms. The van der Waals surface area contributed by atoms with Crippen LogP contribution in [0.25, 0.3) is 11.3 Å². The fourth-order valence-electron chi connectivity index (χ4n) is 4.60. The van der Waals surface area contributed by atoms with Crippen LogP contribution in [0.1, 0.15) is 48.7 Å². The molecule has 3 heterocycles. The summed E-state index contributed by atoms with van der Waals surface area (Å²) in [7, 11) is 3.60. The molecule has 1 fully saturated rings. The lowest BCUT2D eigenvalue weighted by Gasteiger charge is -2.32. The zero-order valence-electron chi connectivity index (χ0n) is 19.6. The van der Waals surface area contributed by atoms with Crippen molar-refractivity contribution >= 4 is 17.6 Å². The van der Waals surface area contributed by atoms with E-state index in [0.717, 1.165) is 42.5 Å². The number of hydrogen-bond acceptors (Lipinski definition) is 5. The van der Waals surface area contributed by atoms with Crippen LogP contribution in [0.4, 0.5) is 5.82 Å². The highest BCUT2D eigenvalue weighted by Crippen LogP contribution is 2.31. The molecule has 0 aliphatic heterocycles.